The Bertz CT molecular complexity index is 824. The van der Waals surface area contributed by atoms with E-state index in [-0.39, 0.29) is 29.5 Å². The van der Waals surface area contributed by atoms with E-state index in [1.54, 1.807) is 17.5 Å². The second kappa shape index (κ2) is 7.28. The van der Waals surface area contributed by atoms with E-state index in [0.29, 0.717) is 11.4 Å². The average Bonchev–Trinajstić information content (AvgIpc) is 3.21. The predicted molar refractivity (Wildman–Crippen MR) is 93.1 cm³/mol. The van der Waals surface area contributed by atoms with Gasteiger partial charge in [0, 0.05) is 18.0 Å². The molecule has 1 N–H and O–H groups in total. The van der Waals surface area contributed by atoms with E-state index < -0.39 is 23.7 Å². The van der Waals surface area contributed by atoms with Gasteiger partial charge in [-0.2, -0.15) is 13.2 Å². The van der Waals surface area contributed by atoms with Crippen LogP contribution >= 0.6 is 22.9 Å². The molecule has 4 nitrogen and oxygen atoms in total. The van der Waals surface area contributed by atoms with Crippen LogP contribution in [-0.4, -0.2) is 17.9 Å². The molecular weight excluding hydrogens is 389 g/mol. The lowest BCUT2D eigenvalue weighted by Gasteiger charge is -2.22. The quantitative estimate of drug-likeness (QED) is 0.832. The molecule has 2 heterocycles. The Kier molecular flexibility index (Phi) is 5.24. The van der Waals surface area contributed by atoms with Crippen molar-refractivity contribution in [3.63, 3.8) is 0 Å². The highest BCUT2D eigenvalue weighted by Gasteiger charge is 2.37. The monoisotopic (exact) mass is 402 g/mol. The Morgan fingerprint density at radius 3 is 2.77 bits per heavy atom. The van der Waals surface area contributed by atoms with Crippen molar-refractivity contribution in [2.45, 2.75) is 31.6 Å². The highest BCUT2D eigenvalue weighted by atomic mass is 35.5. The summed E-state index contributed by atoms with van der Waals surface area (Å²) in [6.07, 6.45) is -3.88. The number of carbonyl (C=O) groups is 2. The molecule has 1 fully saturated rings. The maximum absolute atomic E-state index is 12.8. The normalized spacial score (nSPS) is 17.6. The third-order valence-electron chi connectivity index (χ3n) is 4.08. The van der Waals surface area contributed by atoms with Crippen molar-refractivity contribution >= 4 is 39.8 Å². The minimum Gasteiger partial charge on any atom is -0.350 e. The third-order valence-corrected chi connectivity index (χ3v) is 5.32. The number of hydrogen-bond acceptors (Lipinski definition) is 3. The lowest BCUT2D eigenvalue weighted by atomic mass is 10.1. The maximum Gasteiger partial charge on any atom is 0.416 e. The molecule has 9 heteroatoms. The minimum absolute atomic E-state index is 0.135. The van der Waals surface area contributed by atoms with Crippen LogP contribution in [0.4, 0.5) is 18.2 Å². The number of alkyl halides is 3. The van der Waals surface area contributed by atoms with Crippen molar-refractivity contribution in [3.05, 3.63) is 51.9 Å². The highest BCUT2D eigenvalue weighted by molar-refractivity contribution is 7.14. The minimum atomic E-state index is -4.49. The van der Waals surface area contributed by atoms with Gasteiger partial charge in [-0.1, -0.05) is 11.6 Å². The van der Waals surface area contributed by atoms with Gasteiger partial charge in [0.1, 0.15) is 6.04 Å². The molecule has 1 atom stereocenters. The van der Waals surface area contributed by atoms with Gasteiger partial charge in [-0.05, 0) is 47.7 Å². The molecule has 0 spiro atoms. The van der Waals surface area contributed by atoms with Gasteiger partial charge >= 0.3 is 6.18 Å². The van der Waals surface area contributed by atoms with Crippen LogP contribution in [0.2, 0.25) is 5.02 Å². The zero-order valence-electron chi connectivity index (χ0n) is 13.3. The number of anilines is 1. The van der Waals surface area contributed by atoms with Crippen molar-refractivity contribution in [2.75, 3.05) is 4.90 Å². The fourth-order valence-corrected chi connectivity index (χ4v) is 3.78. The molecule has 26 heavy (non-hydrogen) atoms. The SMILES string of the molecule is O=C(NCc1cc(C(F)(F)F)ccc1Cl)C1CCC(=O)N1c1cccs1. The predicted octanol–water partition coefficient (Wildman–Crippen LogP) is 4.23. The van der Waals surface area contributed by atoms with Crippen molar-refractivity contribution in [2.24, 2.45) is 0 Å². The highest BCUT2D eigenvalue weighted by Crippen LogP contribution is 2.32. The number of rotatable bonds is 4. The zero-order chi connectivity index (χ0) is 18.9. The number of amides is 2. The number of hydrogen-bond donors (Lipinski definition) is 1. The first-order chi connectivity index (χ1) is 12.3. The molecule has 2 aromatic rings. The summed E-state index contributed by atoms with van der Waals surface area (Å²) in [6, 6.07) is 5.82. The lowest BCUT2D eigenvalue weighted by molar-refractivity contribution is -0.137. The van der Waals surface area contributed by atoms with E-state index in [9.17, 15) is 22.8 Å². The Balaban J connectivity index is 1.72. The van der Waals surface area contributed by atoms with E-state index in [4.69, 9.17) is 11.6 Å². The second-order valence-corrected chi connectivity index (χ2v) is 7.12. The number of nitrogens with zero attached hydrogens (tertiary/aromatic N) is 1. The topological polar surface area (TPSA) is 49.4 Å². The van der Waals surface area contributed by atoms with Crippen LogP contribution in [0.15, 0.2) is 35.7 Å². The maximum atomic E-state index is 12.8. The molecule has 0 bridgehead atoms. The zero-order valence-corrected chi connectivity index (χ0v) is 14.9. The summed E-state index contributed by atoms with van der Waals surface area (Å²) in [5.74, 6) is -0.567. The molecule has 1 aromatic carbocycles. The summed E-state index contributed by atoms with van der Waals surface area (Å²) in [5, 5.41) is 5.20. The number of benzene rings is 1. The van der Waals surface area contributed by atoms with Gasteiger partial charge in [-0.15, -0.1) is 11.3 Å². The lowest BCUT2D eigenvalue weighted by Crippen LogP contribution is -2.44. The van der Waals surface area contributed by atoms with E-state index in [1.165, 1.54) is 16.2 Å². The summed E-state index contributed by atoms with van der Waals surface area (Å²) < 4.78 is 38.5. The van der Waals surface area contributed by atoms with Crippen LogP contribution in [0.1, 0.15) is 24.0 Å². The van der Waals surface area contributed by atoms with Crippen molar-refractivity contribution in [1.82, 2.24) is 5.32 Å². The molecule has 1 unspecified atom stereocenters. The summed E-state index contributed by atoms with van der Waals surface area (Å²) in [5.41, 5.74) is -0.663. The summed E-state index contributed by atoms with van der Waals surface area (Å²) >= 11 is 7.29. The van der Waals surface area contributed by atoms with Gasteiger partial charge in [0.15, 0.2) is 0 Å². The molecule has 1 saturated heterocycles. The second-order valence-electron chi connectivity index (χ2n) is 5.79. The van der Waals surface area contributed by atoms with Gasteiger partial charge in [-0.25, -0.2) is 0 Å². The van der Waals surface area contributed by atoms with E-state index in [2.05, 4.69) is 5.32 Å². The molecule has 1 aliphatic rings. The average molecular weight is 403 g/mol. The summed E-state index contributed by atoms with van der Waals surface area (Å²) in [6.45, 7) is -0.148. The molecule has 138 valence electrons. The number of carbonyl (C=O) groups excluding carboxylic acids is 2. The standard InChI is InChI=1S/C17H14ClF3N2O2S/c18-12-4-3-11(17(19,20)21)8-10(12)9-22-16(25)13-5-6-14(24)23(13)15-2-1-7-26-15/h1-4,7-8,13H,5-6,9H2,(H,22,25). The van der Waals surface area contributed by atoms with E-state index in [1.807, 2.05) is 0 Å². The fourth-order valence-electron chi connectivity index (χ4n) is 2.80. The first-order valence-electron chi connectivity index (χ1n) is 7.76. The Morgan fingerprint density at radius 2 is 2.12 bits per heavy atom. The summed E-state index contributed by atoms with van der Waals surface area (Å²) in [7, 11) is 0. The van der Waals surface area contributed by atoms with E-state index >= 15 is 0 Å². The van der Waals surface area contributed by atoms with Crippen LogP contribution in [0.25, 0.3) is 0 Å². The fraction of sp³-hybridized carbons (Fsp3) is 0.294. The Labute approximate surface area is 156 Å². The number of thiophene rings is 1. The van der Waals surface area contributed by atoms with Gasteiger partial charge < -0.3 is 5.32 Å². The Hall–Kier alpha value is -2.06. The molecule has 1 aliphatic heterocycles. The number of nitrogens with one attached hydrogen (secondary N) is 1. The summed E-state index contributed by atoms with van der Waals surface area (Å²) in [4.78, 5) is 26.0. The van der Waals surface area contributed by atoms with Crippen molar-refractivity contribution < 1.29 is 22.8 Å². The van der Waals surface area contributed by atoms with Gasteiger partial charge in [0.25, 0.3) is 0 Å². The molecule has 1 aromatic heterocycles. The van der Waals surface area contributed by atoms with Gasteiger partial charge in [0.05, 0.1) is 10.6 Å². The van der Waals surface area contributed by atoms with Crippen LogP contribution in [0.5, 0.6) is 0 Å². The first-order valence-corrected chi connectivity index (χ1v) is 9.02. The molecule has 0 saturated carbocycles. The van der Waals surface area contributed by atoms with Crippen molar-refractivity contribution in [3.8, 4) is 0 Å². The largest absolute Gasteiger partial charge is 0.416 e. The van der Waals surface area contributed by atoms with Gasteiger partial charge in [-0.3, -0.25) is 14.5 Å². The molecule has 3 rings (SSSR count). The molecule has 2 amide bonds. The van der Waals surface area contributed by atoms with Crippen LogP contribution in [0.3, 0.4) is 0 Å². The van der Waals surface area contributed by atoms with Crippen LogP contribution in [-0.2, 0) is 22.3 Å². The first kappa shape index (κ1) is 18.7. The number of halogens is 4. The van der Waals surface area contributed by atoms with Crippen molar-refractivity contribution in [1.29, 1.82) is 0 Å². The smallest absolute Gasteiger partial charge is 0.350 e. The van der Waals surface area contributed by atoms with Crippen LogP contribution < -0.4 is 10.2 Å². The van der Waals surface area contributed by atoms with Crippen LogP contribution in [0, 0.1) is 0 Å². The molecular formula is C17H14ClF3N2O2S. The Morgan fingerprint density at radius 1 is 1.35 bits per heavy atom. The van der Waals surface area contributed by atoms with Gasteiger partial charge in [0.2, 0.25) is 11.8 Å². The third kappa shape index (κ3) is 3.86. The van der Waals surface area contributed by atoms with E-state index in [0.717, 1.165) is 18.2 Å². The molecule has 0 radical (unpaired) electrons. The molecule has 0 aliphatic carbocycles.